The van der Waals surface area contributed by atoms with Gasteiger partial charge in [-0.25, -0.2) is 13.8 Å². The fourth-order valence-electron chi connectivity index (χ4n) is 1.29. The number of ether oxygens (including phenoxy) is 1. The van der Waals surface area contributed by atoms with Crippen LogP contribution in [-0.4, -0.2) is 17.6 Å². The molecular formula is C11H9BrF2N2O2. The highest BCUT2D eigenvalue weighted by atomic mass is 79.9. The first-order chi connectivity index (χ1) is 8.49. The molecule has 0 saturated heterocycles. The number of pyridine rings is 1. The van der Waals surface area contributed by atoms with Gasteiger partial charge in [-0.1, -0.05) is 0 Å². The number of carbonyl (C=O) groups is 1. The van der Waals surface area contributed by atoms with E-state index in [1.807, 2.05) is 6.07 Å². The van der Waals surface area contributed by atoms with Gasteiger partial charge in [-0.2, -0.15) is 5.26 Å². The van der Waals surface area contributed by atoms with Crippen LogP contribution >= 0.6 is 15.9 Å². The summed E-state index contributed by atoms with van der Waals surface area (Å²) in [5.74, 6) is -0.611. The first-order valence-corrected chi connectivity index (χ1v) is 5.82. The van der Waals surface area contributed by atoms with Gasteiger partial charge in [-0.3, -0.25) is 4.79 Å². The first-order valence-electron chi connectivity index (χ1n) is 5.02. The summed E-state index contributed by atoms with van der Waals surface area (Å²) < 4.78 is 30.0. The molecule has 0 radical (unpaired) electrons. The van der Waals surface area contributed by atoms with E-state index in [0.717, 1.165) is 6.07 Å². The summed E-state index contributed by atoms with van der Waals surface area (Å²) in [5, 5.41) is 8.91. The summed E-state index contributed by atoms with van der Waals surface area (Å²) >= 11 is 3.01. The molecule has 7 heteroatoms. The highest BCUT2D eigenvalue weighted by Crippen LogP contribution is 2.25. The molecule has 4 nitrogen and oxygen atoms in total. The topological polar surface area (TPSA) is 63.0 Å². The maximum Gasteiger partial charge on any atom is 0.311 e. The van der Waals surface area contributed by atoms with Crippen LogP contribution in [0.2, 0.25) is 0 Å². The third-order valence-electron chi connectivity index (χ3n) is 2.02. The Morgan fingerprint density at radius 2 is 2.33 bits per heavy atom. The molecule has 0 unspecified atom stereocenters. The fraction of sp³-hybridized carbons (Fsp3) is 0.364. The average molecular weight is 319 g/mol. The maximum absolute atomic E-state index is 12.6. The highest BCUT2D eigenvalue weighted by molar-refractivity contribution is 9.10. The van der Waals surface area contributed by atoms with E-state index in [-0.39, 0.29) is 28.8 Å². The van der Waals surface area contributed by atoms with Gasteiger partial charge in [0.1, 0.15) is 11.8 Å². The van der Waals surface area contributed by atoms with Gasteiger partial charge in [0.05, 0.1) is 24.3 Å². The lowest BCUT2D eigenvalue weighted by molar-refractivity contribution is -0.142. The van der Waals surface area contributed by atoms with Crippen molar-refractivity contribution < 1.29 is 18.3 Å². The number of rotatable bonds is 4. The third-order valence-corrected chi connectivity index (χ3v) is 2.64. The van der Waals surface area contributed by atoms with Crippen molar-refractivity contribution in [3.05, 3.63) is 27.5 Å². The Bertz CT molecular complexity index is 501. The van der Waals surface area contributed by atoms with Crippen LogP contribution in [0.3, 0.4) is 0 Å². The Balaban J connectivity index is 3.15. The van der Waals surface area contributed by atoms with Crippen molar-refractivity contribution >= 4 is 21.9 Å². The molecule has 18 heavy (non-hydrogen) atoms. The van der Waals surface area contributed by atoms with E-state index >= 15 is 0 Å². The van der Waals surface area contributed by atoms with Gasteiger partial charge in [0.15, 0.2) is 0 Å². The van der Waals surface area contributed by atoms with Gasteiger partial charge in [0, 0.05) is 4.47 Å². The summed E-state index contributed by atoms with van der Waals surface area (Å²) in [6.07, 6.45) is -3.08. The summed E-state index contributed by atoms with van der Waals surface area (Å²) in [7, 11) is 0. The molecule has 96 valence electrons. The minimum absolute atomic E-state index is 0.0133. The molecule has 0 atom stereocenters. The number of hydrogen-bond donors (Lipinski definition) is 0. The second-order valence-electron chi connectivity index (χ2n) is 3.24. The van der Waals surface area contributed by atoms with Crippen molar-refractivity contribution in [1.82, 2.24) is 4.98 Å². The molecule has 0 aliphatic heterocycles. The lowest BCUT2D eigenvalue weighted by atomic mass is 10.1. The Morgan fingerprint density at radius 3 is 2.83 bits per heavy atom. The molecule has 0 bridgehead atoms. The van der Waals surface area contributed by atoms with Crippen LogP contribution in [0, 0.1) is 11.3 Å². The van der Waals surface area contributed by atoms with Crippen LogP contribution in [0.5, 0.6) is 0 Å². The standard InChI is InChI=1S/C11H9BrF2N2O2/c1-2-18-10(17)4-8-6(5-15)7(12)3-9(16-8)11(13)14/h3,11H,2,4H2,1H3. The summed E-state index contributed by atoms with van der Waals surface area (Å²) in [5.41, 5.74) is -0.437. The van der Waals surface area contributed by atoms with E-state index < -0.39 is 18.1 Å². The molecule has 1 aromatic heterocycles. The molecule has 1 rings (SSSR count). The van der Waals surface area contributed by atoms with Gasteiger partial charge in [-0.15, -0.1) is 0 Å². The second-order valence-corrected chi connectivity index (χ2v) is 4.10. The Hall–Kier alpha value is -1.55. The molecule has 0 fully saturated rings. The molecule has 0 N–H and O–H groups in total. The normalized spacial score (nSPS) is 10.2. The first kappa shape index (κ1) is 14.5. The monoisotopic (exact) mass is 318 g/mol. The van der Waals surface area contributed by atoms with Gasteiger partial charge in [0.25, 0.3) is 6.43 Å². The molecule has 0 amide bonds. The van der Waals surface area contributed by atoms with Crippen LogP contribution in [0.1, 0.15) is 30.3 Å². The van der Waals surface area contributed by atoms with Crippen LogP contribution in [0.15, 0.2) is 10.5 Å². The summed E-state index contributed by atoms with van der Waals surface area (Å²) in [4.78, 5) is 14.9. The summed E-state index contributed by atoms with van der Waals surface area (Å²) in [6.45, 7) is 1.80. The molecule has 0 aromatic carbocycles. The Kier molecular flexibility index (Phi) is 5.16. The number of esters is 1. The quantitative estimate of drug-likeness (QED) is 0.801. The van der Waals surface area contributed by atoms with E-state index in [9.17, 15) is 13.6 Å². The zero-order chi connectivity index (χ0) is 13.7. The molecule has 0 saturated carbocycles. The molecule has 0 aliphatic rings. The number of nitrogens with zero attached hydrogens (tertiary/aromatic N) is 2. The number of halogens is 3. The van der Waals surface area contributed by atoms with Crippen LogP contribution in [-0.2, 0) is 16.0 Å². The van der Waals surface area contributed by atoms with Crippen molar-refractivity contribution in [2.24, 2.45) is 0 Å². The number of nitriles is 1. The molecule has 1 heterocycles. The SMILES string of the molecule is CCOC(=O)Cc1nc(C(F)F)cc(Br)c1C#N. The lowest BCUT2D eigenvalue weighted by Crippen LogP contribution is -2.11. The number of carbonyl (C=O) groups excluding carboxylic acids is 1. The van der Waals surface area contributed by atoms with Crippen LogP contribution in [0.25, 0.3) is 0 Å². The number of alkyl halides is 2. The van der Waals surface area contributed by atoms with E-state index in [2.05, 4.69) is 20.9 Å². The predicted molar refractivity (Wildman–Crippen MR) is 61.9 cm³/mol. The lowest BCUT2D eigenvalue weighted by Gasteiger charge is -2.08. The predicted octanol–water partition coefficient (Wildman–Crippen LogP) is 2.76. The number of hydrogen-bond acceptors (Lipinski definition) is 4. The zero-order valence-electron chi connectivity index (χ0n) is 9.41. The second kappa shape index (κ2) is 6.40. The van der Waals surface area contributed by atoms with Crippen LogP contribution < -0.4 is 0 Å². The van der Waals surface area contributed by atoms with Crippen LogP contribution in [0.4, 0.5) is 8.78 Å². The van der Waals surface area contributed by atoms with Gasteiger partial charge in [0.2, 0.25) is 0 Å². The molecule has 1 aromatic rings. The largest absolute Gasteiger partial charge is 0.466 e. The molecular weight excluding hydrogens is 310 g/mol. The Morgan fingerprint density at radius 1 is 1.67 bits per heavy atom. The average Bonchev–Trinajstić information content (AvgIpc) is 2.28. The molecule has 0 aliphatic carbocycles. The van der Waals surface area contributed by atoms with Crippen molar-refractivity contribution in [1.29, 1.82) is 5.26 Å². The van der Waals surface area contributed by atoms with Crippen molar-refractivity contribution in [2.75, 3.05) is 6.61 Å². The van der Waals surface area contributed by atoms with Gasteiger partial charge in [-0.05, 0) is 28.9 Å². The minimum Gasteiger partial charge on any atom is -0.466 e. The Labute approximate surface area is 111 Å². The maximum atomic E-state index is 12.6. The van der Waals surface area contributed by atoms with Gasteiger partial charge >= 0.3 is 5.97 Å². The molecule has 0 spiro atoms. The number of aromatic nitrogens is 1. The smallest absolute Gasteiger partial charge is 0.311 e. The van der Waals surface area contributed by atoms with Gasteiger partial charge < -0.3 is 4.74 Å². The fourth-order valence-corrected chi connectivity index (χ4v) is 1.84. The highest BCUT2D eigenvalue weighted by Gasteiger charge is 2.18. The van der Waals surface area contributed by atoms with Crippen molar-refractivity contribution in [3.63, 3.8) is 0 Å². The van der Waals surface area contributed by atoms with Crippen molar-refractivity contribution in [2.45, 2.75) is 19.8 Å². The van der Waals surface area contributed by atoms with E-state index in [1.54, 1.807) is 6.92 Å². The third kappa shape index (κ3) is 3.47. The zero-order valence-corrected chi connectivity index (χ0v) is 11.0. The van der Waals surface area contributed by atoms with E-state index in [1.165, 1.54) is 0 Å². The summed E-state index contributed by atoms with van der Waals surface area (Å²) in [6, 6.07) is 2.88. The van der Waals surface area contributed by atoms with E-state index in [4.69, 9.17) is 10.00 Å². The minimum atomic E-state index is -2.77. The van der Waals surface area contributed by atoms with E-state index in [0.29, 0.717) is 0 Å². The van der Waals surface area contributed by atoms with Crippen molar-refractivity contribution in [3.8, 4) is 6.07 Å².